The molecule has 0 aromatic carbocycles. The third kappa shape index (κ3) is 3.32. The predicted octanol–water partition coefficient (Wildman–Crippen LogP) is 0.352. The molecule has 0 bridgehead atoms. The lowest BCUT2D eigenvalue weighted by Crippen LogP contribution is -2.62. The van der Waals surface area contributed by atoms with Crippen LogP contribution in [0, 0.1) is 0 Å². The van der Waals surface area contributed by atoms with E-state index in [1.165, 1.54) is 0 Å². The fourth-order valence-electron chi connectivity index (χ4n) is 3.25. The number of rotatable bonds is 3. The molecule has 5 heteroatoms. The molecule has 2 fully saturated rings. The van der Waals surface area contributed by atoms with Crippen LogP contribution in [0.1, 0.15) is 33.6 Å². The van der Waals surface area contributed by atoms with Crippen LogP contribution in [0.5, 0.6) is 0 Å². The maximum atomic E-state index is 12.8. The lowest BCUT2D eigenvalue weighted by Gasteiger charge is -2.45. The molecule has 0 aromatic rings. The lowest BCUT2D eigenvalue weighted by molar-refractivity contribution is -0.145. The summed E-state index contributed by atoms with van der Waals surface area (Å²) >= 11 is 0. The van der Waals surface area contributed by atoms with Crippen molar-refractivity contribution in [3.63, 3.8) is 0 Å². The molecule has 0 atom stereocenters. The Morgan fingerprint density at radius 1 is 1.10 bits per heavy atom. The second kappa shape index (κ2) is 6.41. The Morgan fingerprint density at radius 2 is 1.65 bits per heavy atom. The highest BCUT2D eigenvalue weighted by molar-refractivity contribution is 5.85. The van der Waals surface area contributed by atoms with Crippen molar-refractivity contribution in [2.45, 2.75) is 45.2 Å². The number of piperidine rings is 1. The Morgan fingerprint density at radius 3 is 2.15 bits per heavy atom. The van der Waals surface area contributed by atoms with Gasteiger partial charge in [0.05, 0.1) is 5.54 Å². The highest BCUT2D eigenvalue weighted by Crippen LogP contribution is 2.22. The molecule has 0 aromatic heterocycles. The lowest BCUT2D eigenvalue weighted by atomic mass is 9.96. The standard InChI is InChI=1S/C15H30N4O/c1-4-17-9-11-19(12-10-17)15(2,3)14(20)18-7-5-13(16)6-8-18/h13H,4-12,16H2,1-3H3. The highest BCUT2D eigenvalue weighted by Gasteiger charge is 2.39. The molecule has 2 heterocycles. The molecule has 2 aliphatic rings. The third-order valence-electron chi connectivity index (χ3n) is 4.96. The van der Waals surface area contributed by atoms with Crippen LogP contribution in [0.4, 0.5) is 0 Å². The van der Waals surface area contributed by atoms with E-state index in [0.29, 0.717) is 0 Å². The number of likely N-dealkylation sites (tertiary alicyclic amines) is 1. The fourth-order valence-corrected chi connectivity index (χ4v) is 3.25. The van der Waals surface area contributed by atoms with Gasteiger partial charge in [-0.25, -0.2) is 0 Å². The van der Waals surface area contributed by atoms with Crippen molar-refractivity contribution in [2.75, 3.05) is 45.8 Å². The van der Waals surface area contributed by atoms with Crippen molar-refractivity contribution in [2.24, 2.45) is 5.73 Å². The number of nitrogens with two attached hydrogens (primary N) is 1. The fraction of sp³-hybridized carbons (Fsp3) is 0.933. The number of likely N-dealkylation sites (N-methyl/N-ethyl adjacent to an activating group) is 1. The van der Waals surface area contributed by atoms with Gasteiger partial charge < -0.3 is 15.5 Å². The first-order valence-corrected chi connectivity index (χ1v) is 7.97. The average molecular weight is 282 g/mol. The summed E-state index contributed by atoms with van der Waals surface area (Å²) in [6.07, 6.45) is 1.87. The summed E-state index contributed by atoms with van der Waals surface area (Å²) in [6, 6.07) is 0.273. The van der Waals surface area contributed by atoms with Gasteiger partial charge in [-0.3, -0.25) is 9.69 Å². The summed E-state index contributed by atoms with van der Waals surface area (Å²) in [7, 11) is 0. The molecule has 0 spiro atoms. The van der Waals surface area contributed by atoms with E-state index in [9.17, 15) is 4.79 Å². The Labute approximate surface area is 123 Å². The van der Waals surface area contributed by atoms with Gasteiger partial charge in [0.1, 0.15) is 0 Å². The van der Waals surface area contributed by atoms with Gasteiger partial charge in [-0.15, -0.1) is 0 Å². The van der Waals surface area contributed by atoms with E-state index in [0.717, 1.165) is 58.7 Å². The van der Waals surface area contributed by atoms with E-state index in [1.54, 1.807) is 0 Å². The van der Waals surface area contributed by atoms with Crippen LogP contribution >= 0.6 is 0 Å². The molecule has 0 radical (unpaired) electrons. The van der Waals surface area contributed by atoms with E-state index < -0.39 is 0 Å². The average Bonchev–Trinajstić information content (AvgIpc) is 2.47. The molecule has 116 valence electrons. The molecule has 0 saturated carbocycles. The quantitative estimate of drug-likeness (QED) is 0.812. The van der Waals surface area contributed by atoms with Crippen molar-refractivity contribution >= 4 is 5.91 Å². The van der Waals surface area contributed by atoms with Crippen molar-refractivity contribution in [1.82, 2.24) is 14.7 Å². The smallest absolute Gasteiger partial charge is 0.242 e. The predicted molar refractivity (Wildman–Crippen MR) is 81.6 cm³/mol. The van der Waals surface area contributed by atoms with Crippen molar-refractivity contribution in [1.29, 1.82) is 0 Å². The van der Waals surface area contributed by atoms with Gasteiger partial charge >= 0.3 is 0 Å². The van der Waals surface area contributed by atoms with E-state index >= 15 is 0 Å². The molecule has 0 unspecified atom stereocenters. The number of amides is 1. The van der Waals surface area contributed by atoms with Gasteiger partial charge in [-0.1, -0.05) is 6.92 Å². The first kappa shape index (κ1) is 15.7. The number of carbonyl (C=O) groups is 1. The van der Waals surface area contributed by atoms with E-state index in [4.69, 9.17) is 5.73 Å². The molecule has 2 N–H and O–H groups in total. The second-order valence-electron chi connectivity index (χ2n) is 6.61. The maximum absolute atomic E-state index is 12.8. The molecule has 0 aliphatic carbocycles. The Hall–Kier alpha value is -0.650. The largest absolute Gasteiger partial charge is 0.341 e. The van der Waals surface area contributed by atoms with Gasteiger partial charge in [0, 0.05) is 45.3 Å². The van der Waals surface area contributed by atoms with Gasteiger partial charge in [-0.2, -0.15) is 0 Å². The van der Waals surface area contributed by atoms with Crippen LogP contribution < -0.4 is 5.73 Å². The first-order valence-electron chi connectivity index (χ1n) is 7.97. The number of carbonyl (C=O) groups excluding carboxylic acids is 1. The molecule has 2 rings (SSSR count). The van der Waals surface area contributed by atoms with E-state index in [1.807, 2.05) is 4.90 Å². The normalized spacial score (nSPS) is 24.1. The van der Waals surface area contributed by atoms with Crippen molar-refractivity contribution in [3.05, 3.63) is 0 Å². The summed E-state index contributed by atoms with van der Waals surface area (Å²) < 4.78 is 0. The Bertz CT molecular complexity index is 329. The number of hydrogen-bond donors (Lipinski definition) is 1. The molecule has 20 heavy (non-hydrogen) atoms. The van der Waals surface area contributed by atoms with Crippen molar-refractivity contribution < 1.29 is 4.79 Å². The van der Waals surface area contributed by atoms with Crippen LogP contribution in [-0.4, -0.2) is 78.0 Å². The molecular weight excluding hydrogens is 252 g/mol. The minimum atomic E-state index is -0.388. The van der Waals surface area contributed by atoms with Crippen LogP contribution in [0.15, 0.2) is 0 Å². The maximum Gasteiger partial charge on any atom is 0.242 e. The van der Waals surface area contributed by atoms with Gasteiger partial charge in [0.15, 0.2) is 0 Å². The Balaban J connectivity index is 1.93. The monoisotopic (exact) mass is 282 g/mol. The van der Waals surface area contributed by atoms with E-state index in [2.05, 4.69) is 30.6 Å². The van der Waals surface area contributed by atoms with Gasteiger partial charge in [-0.05, 0) is 33.2 Å². The van der Waals surface area contributed by atoms with Crippen LogP contribution in [0.25, 0.3) is 0 Å². The molecule has 2 saturated heterocycles. The molecule has 1 amide bonds. The minimum absolute atomic E-state index is 0.273. The van der Waals surface area contributed by atoms with Crippen LogP contribution in [0.3, 0.4) is 0 Å². The SMILES string of the molecule is CCN1CCN(C(C)(C)C(=O)N2CCC(N)CC2)CC1. The third-order valence-corrected chi connectivity index (χ3v) is 4.96. The number of piperazine rings is 1. The minimum Gasteiger partial charge on any atom is -0.341 e. The highest BCUT2D eigenvalue weighted by atomic mass is 16.2. The van der Waals surface area contributed by atoms with Crippen LogP contribution in [0.2, 0.25) is 0 Å². The van der Waals surface area contributed by atoms with Crippen LogP contribution in [-0.2, 0) is 4.79 Å². The summed E-state index contributed by atoms with van der Waals surface area (Å²) in [5.74, 6) is 0.273. The Kier molecular flexibility index (Phi) is 5.04. The summed E-state index contributed by atoms with van der Waals surface area (Å²) in [6.45, 7) is 13.2. The zero-order valence-electron chi connectivity index (χ0n) is 13.3. The molecule has 5 nitrogen and oxygen atoms in total. The van der Waals surface area contributed by atoms with E-state index in [-0.39, 0.29) is 17.5 Å². The zero-order valence-corrected chi connectivity index (χ0v) is 13.3. The number of hydrogen-bond acceptors (Lipinski definition) is 4. The summed E-state index contributed by atoms with van der Waals surface area (Å²) in [5.41, 5.74) is 5.54. The molecular formula is C15H30N4O. The summed E-state index contributed by atoms with van der Waals surface area (Å²) in [5, 5.41) is 0. The van der Waals surface area contributed by atoms with Gasteiger partial charge in [0.25, 0.3) is 0 Å². The van der Waals surface area contributed by atoms with Gasteiger partial charge in [0.2, 0.25) is 5.91 Å². The first-order chi connectivity index (χ1) is 9.45. The topological polar surface area (TPSA) is 52.8 Å². The second-order valence-corrected chi connectivity index (χ2v) is 6.61. The molecule has 2 aliphatic heterocycles. The summed E-state index contributed by atoms with van der Waals surface area (Å²) in [4.78, 5) is 19.6. The number of nitrogens with zero attached hydrogens (tertiary/aromatic N) is 3. The van der Waals surface area contributed by atoms with Crippen molar-refractivity contribution in [3.8, 4) is 0 Å². The zero-order chi connectivity index (χ0) is 14.8.